The Kier molecular flexibility index (Phi) is 3.50. The van der Waals surface area contributed by atoms with Gasteiger partial charge in [-0.15, -0.1) is 0 Å². The highest BCUT2D eigenvalue weighted by molar-refractivity contribution is 6.31. The molecule has 1 heterocycles. The fourth-order valence-corrected chi connectivity index (χ4v) is 1.86. The van der Waals surface area contributed by atoms with Crippen LogP contribution in [-0.2, 0) is 6.42 Å². The Bertz CT molecular complexity index is 522. The first kappa shape index (κ1) is 12.1. The van der Waals surface area contributed by atoms with Crippen molar-refractivity contribution in [3.8, 4) is 0 Å². The lowest BCUT2D eigenvalue weighted by Gasteiger charge is -2.09. The Labute approximate surface area is 104 Å². The molecule has 2 aromatic rings. The van der Waals surface area contributed by atoms with E-state index in [1.165, 1.54) is 24.5 Å². The minimum atomic E-state index is -0.744. The predicted octanol–water partition coefficient (Wildman–Crippen LogP) is 3.66. The average Bonchev–Trinajstić information content (AvgIpc) is 2.70. The first-order valence-corrected chi connectivity index (χ1v) is 5.61. The van der Waals surface area contributed by atoms with E-state index >= 15 is 0 Å². The molecule has 0 saturated heterocycles. The quantitative estimate of drug-likeness (QED) is 0.907. The van der Waals surface area contributed by atoms with E-state index < -0.39 is 6.10 Å². The van der Waals surface area contributed by atoms with Gasteiger partial charge in [-0.2, -0.15) is 0 Å². The van der Waals surface area contributed by atoms with E-state index in [1.807, 2.05) is 0 Å². The Morgan fingerprint density at radius 1 is 1.41 bits per heavy atom. The van der Waals surface area contributed by atoms with Crippen LogP contribution < -0.4 is 0 Å². The topological polar surface area (TPSA) is 33.4 Å². The SMILES string of the molecule is Cc1cc(C(O)Cc2cc(F)ccc2Cl)co1. The molecule has 2 rings (SSSR count). The van der Waals surface area contributed by atoms with Crippen LogP contribution in [-0.4, -0.2) is 5.11 Å². The van der Waals surface area contributed by atoms with Gasteiger partial charge in [-0.05, 0) is 36.8 Å². The normalized spacial score (nSPS) is 12.7. The summed E-state index contributed by atoms with van der Waals surface area (Å²) >= 11 is 5.93. The number of hydrogen-bond donors (Lipinski definition) is 1. The van der Waals surface area contributed by atoms with Gasteiger partial charge in [0, 0.05) is 17.0 Å². The molecular weight excluding hydrogens is 243 g/mol. The fraction of sp³-hybridized carbons (Fsp3) is 0.231. The molecule has 1 N–H and O–H groups in total. The Morgan fingerprint density at radius 3 is 2.82 bits per heavy atom. The Hall–Kier alpha value is -1.32. The molecular formula is C13H12ClFO2. The summed E-state index contributed by atoms with van der Waals surface area (Å²) in [5.41, 5.74) is 1.25. The molecule has 1 aromatic carbocycles. The summed E-state index contributed by atoms with van der Waals surface area (Å²) in [6.07, 6.45) is 1.01. The average molecular weight is 255 g/mol. The van der Waals surface area contributed by atoms with Gasteiger partial charge in [-0.3, -0.25) is 0 Å². The highest BCUT2D eigenvalue weighted by Crippen LogP contribution is 2.25. The lowest BCUT2D eigenvalue weighted by atomic mass is 10.0. The maximum Gasteiger partial charge on any atom is 0.123 e. The van der Waals surface area contributed by atoms with Gasteiger partial charge in [0.1, 0.15) is 11.6 Å². The third-order valence-electron chi connectivity index (χ3n) is 2.56. The lowest BCUT2D eigenvalue weighted by molar-refractivity contribution is 0.177. The van der Waals surface area contributed by atoms with Gasteiger partial charge >= 0.3 is 0 Å². The van der Waals surface area contributed by atoms with Crippen molar-refractivity contribution in [3.63, 3.8) is 0 Å². The van der Waals surface area contributed by atoms with E-state index in [4.69, 9.17) is 16.0 Å². The van der Waals surface area contributed by atoms with Gasteiger partial charge in [-0.1, -0.05) is 11.6 Å². The number of aliphatic hydroxyl groups is 1. The standard InChI is InChI=1S/C13H12ClFO2/c1-8-4-10(7-17-8)13(16)6-9-5-11(15)2-3-12(9)14/h2-5,7,13,16H,6H2,1H3. The first-order chi connectivity index (χ1) is 8.06. The molecule has 4 heteroatoms. The van der Waals surface area contributed by atoms with Gasteiger partial charge in [0.05, 0.1) is 12.4 Å². The fourth-order valence-electron chi connectivity index (χ4n) is 1.66. The van der Waals surface area contributed by atoms with Gasteiger partial charge in [0.15, 0.2) is 0 Å². The molecule has 2 nitrogen and oxygen atoms in total. The molecule has 0 bridgehead atoms. The summed E-state index contributed by atoms with van der Waals surface area (Å²) in [5.74, 6) is 0.365. The molecule has 1 unspecified atom stereocenters. The molecule has 0 amide bonds. The van der Waals surface area contributed by atoms with Crippen LogP contribution in [0, 0.1) is 12.7 Å². The molecule has 1 atom stereocenters. The number of hydrogen-bond acceptors (Lipinski definition) is 2. The monoisotopic (exact) mass is 254 g/mol. The number of rotatable bonds is 3. The van der Waals surface area contributed by atoms with Crippen molar-refractivity contribution < 1.29 is 13.9 Å². The second kappa shape index (κ2) is 4.90. The zero-order valence-electron chi connectivity index (χ0n) is 9.28. The molecule has 0 fully saturated rings. The third-order valence-corrected chi connectivity index (χ3v) is 2.93. The molecule has 0 radical (unpaired) electrons. The zero-order chi connectivity index (χ0) is 12.4. The smallest absolute Gasteiger partial charge is 0.123 e. The van der Waals surface area contributed by atoms with Gasteiger partial charge in [0.25, 0.3) is 0 Å². The van der Waals surface area contributed by atoms with Crippen molar-refractivity contribution in [3.05, 3.63) is 58.3 Å². The van der Waals surface area contributed by atoms with Crippen molar-refractivity contribution in [2.45, 2.75) is 19.4 Å². The maximum absolute atomic E-state index is 13.0. The van der Waals surface area contributed by atoms with Crippen LogP contribution in [0.15, 0.2) is 34.9 Å². The highest BCUT2D eigenvalue weighted by Gasteiger charge is 2.13. The lowest BCUT2D eigenvalue weighted by Crippen LogP contribution is -2.01. The number of halogens is 2. The summed E-state index contributed by atoms with van der Waals surface area (Å²) in [7, 11) is 0. The van der Waals surface area contributed by atoms with Crippen LogP contribution in [0.2, 0.25) is 5.02 Å². The zero-order valence-corrected chi connectivity index (χ0v) is 10.0. The second-order valence-corrected chi connectivity index (χ2v) is 4.35. The molecule has 90 valence electrons. The second-order valence-electron chi connectivity index (χ2n) is 3.95. The highest BCUT2D eigenvalue weighted by atomic mass is 35.5. The molecule has 1 aromatic heterocycles. The minimum absolute atomic E-state index is 0.259. The van der Waals surface area contributed by atoms with Gasteiger partial charge < -0.3 is 9.52 Å². The van der Waals surface area contributed by atoms with E-state index in [-0.39, 0.29) is 12.2 Å². The van der Waals surface area contributed by atoms with Gasteiger partial charge in [0.2, 0.25) is 0 Å². The van der Waals surface area contributed by atoms with Crippen molar-refractivity contribution in [1.82, 2.24) is 0 Å². The Balaban J connectivity index is 2.18. The molecule has 0 aliphatic carbocycles. The van der Waals surface area contributed by atoms with Gasteiger partial charge in [-0.25, -0.2) is 4.39 Å². The third kappa shape index (κ3) is 2.87. The molecule has 17 heavy (non-hydrogen) atoms. The van der Waals surface area contributed by atoms with Crippen molar-refractivity contribution in [2.75, 3.05) is 0 Å². The number of furan rings is 1. The number of benzene rings is 1. The summed E-state index contributed by atoms with van der Waals surface area (Å²) < 4.78 is 18.2. The predicted molar refractivity (Wildman–Crippen MR) is 63.5 cm³/mol. The minimum Gasteiger partial charge on any atom is -0.469 e. The van der Waals surface area contributed by atoms with Crippen molar-refractivity contribution >= 4 is 11.6 Å². The first-order valence-electron chi connectivity index (χ1n) is 5.23. The maximum atomic E-state index is 13.0. The Morgan fingerprint density at radius 2 is 2.18 bits per heavy atom. The van der Waals surface area contributed by atoms with Crippen LogP contribution in [0.3, 0.4) is 0 Å². The van der Waals surface area contributed by atoms with E-state index in [9.17, 15) is 9.50 Å². The summed E-state index contributed by atoms with van der Waals surface area (Å²) in [6, 6.07) is 5.86. The largest absolute Gasteiger partial charge is 0.469 e. The van der Waals surface area contributed by atoms with Crippen molar-refractivity contribution in [1.29, 1.82) is 0 Å². The van der Waals surface area contributed by atoms with Crippen LogP contribution in [0.4, 0.5) is 4.39 Å². The molecule has 0 spiro atoms. The van der Waals surface area contributed by atoms with E-state index in [0.29, 0.717) is 16.1 Å². The van der Waals surface area contributed by atoms with Crippen LogP contribution in [0.5, 0.6) is 0 Å². The summed E-state index contributed by atoms with van der Waals surface area (Å²) in [4.78, 5) is 0. The summed E-state index contributed by atoms with van der Waals surface area (Å²) in [6.45, 7) is 1.80. The number of aliphatic hydroxyl groups excluding tert-OH is 1. The van der Waals surface area contributed by atoms with Crippen molar-refractivity contribution in [2.24, 2.45) is 0 Å². The molecule has 0 aliphatic heterocycles. The van der Waals surface area contributed by atoms with E-state index in [2.05, 4.69) is 0 Å². The van der Waals surface area contributed by atoms with E-state index in [1.54, 1.807) is 13.0 Å². The number of aryl methyl sites for hydroxylation is 1. The summed E-state index contributed by atoms with van der Waals surface area (Å²) in [5, 5.41) is 10.4. The van der Waals surface area contributed by atoms with Crippen LogP contribution in [0.25, 0.3) is 0 Å². The van der Waals surface area contributed by atoms with Crippen LogP contribution >= 0.6 is 11.6 Å². The molecule has 0 saturated carbocycles. The molecule has 0 aliphatic rings. The van der Waals surface area contributed by atoms with Crippen LogP contribution in [0.1, 0.15) is 23.0 Å². The van der Waals surface area contributed by atoms with E-state index in [0.717, 1.165) is 5.76 Å².